The number of anilines is 1. The highest BCUT2D eigenvalue weighted by molar-refractivity contribution is 5.73. The van der Waals surface area contributed by atoms with E-state index in [1.165, 1.54) is 31.2 Å². The number of alkyl halides is 6. The Balaban J connectivity index is 0.000000331. The van der Waals surface area contributed by atoms with Gasteiger partial charge in [-0.25, -0.2) is 19.4 Å². The Bertz CT molecular complexity index is 1100. The number of aliphatic carboxylic acids is 2. The molecule has 2 saturated carbocycles. The van der Waals surface area contributed by atoms with E-state index in [-0.39, 0.29) is 12.2 Å². The van der Waals surface area contributed by atoms with Crippen LogP contribution in [0.2, 0.25) is 0 Å². The van der Waals surface area contributed by atoms with Crippen molar-refractivity contribution in [3.63, 3.8) is 0 Å². The number of carboxylic acids is 2. The molecule has 0 aromatic carbocycles. The second-order valence-corrected chi connectivity index (χ2v) is 11.6. The number of rotatable bonds is 5. The monoisotopic (exact) mass is 656 g/mol. The molecule has 0 bridgehead atoms. The van der Waals surface area contributed by atoms with Gasteiger partial charge < -0.3 is 29.9 Å². The van der Waals surface area contributed by atoms with E-state index in [0.717, 1.165) is 77.4 Å². The average Bonchev–Trinajstić information content (AvgIpc) is 3.46. The van der Waals surface area contributed by atoms with Crippen molar-refractivity contribution in [3.8, 4) is 0 Å². The molecule has 0 unspecified atom stereocenters. The third-order valence-electron chi connectivity index (χ3n) is 8.21. The van der Waals surface area contributed by atoms with Crippen LogP contribution in [0.3, 0.4) is 0 Å². The van der Waals surface area contributed by atoms with Gasteiger partial charge >= 0.3 is 30.4 Å². The summed E-state index contributed by atoms with van der Waals surface area (Å²) in [6.07, 6.45) is 0.838. The lowest BCUT2D eigenvalue weighted by atomic mass is 9.60. The lowest BCUT2D eigenvalue weighted by Crippen LogP contribution is -2.55. The Labute approximate surface area is 255 Å². The summed E-state index contributed by atoms with van der Waals surface area (Å²) in [5, 5.41) is 17.4. The molecule has 5 rings (SSSR count). The fourth-order valence-corrected chi connectivity index (χ4v) is 5.82. The molecule has 3 N–H and O–H groups in total. The predicted molar refractivity (Wildman–Crippen MR) is 146 cm³/mol. The van der Waals surface area contributed by atoms with Crippen LogP contribution in [0.25, 0.3) is 0 Å². The molecule has 17 heteroatoms. The number of carbonyl (C=O) groups is 3. The fourth-order valence-electron chi connectivity index (χ4n) is 5.82. The molecule has 1 aromatic heterocycles. The van der Waals surface area contributed by atoms with Crippen molar-refractivity contribution in [3.05, 3.63) is 23.9 Å². The number of nitrogens with one attached hydrogen (secondary N) is 1. The van der Waals surface area contributed by atoms with Gasteiger partial charge in [0.25, 0.3) is 0 Å². The van der Waals surface area contributed by atoms with Crippen LogP contribution in [0.1, 0.15) is 56.9 Å². The number of halogens is 6. The van der Waals surface area contributed by atoms with Crippen molar-refractivity contribution in [2.24, 2.45) is 5.41 Å². The maximum Gasteiger partial charge on any atom is 0.490 e. The van der Waals surface area contributed by atoms with Crippen molar-refractivity contribution in [1.29, 1.82) is 0 Å². The largest absolute Gasteiger partial charge is 0.490 e. The van der Waals surface area contributed by atoms with Crippen LogP contribution in [0.5, 0.6) is 0 Å². The van der Waals surface area contributed by atoms with Gasteiger partial charge in [-0.3, -0.25) is 4.90 Å². The number of carboxylic acid groups (broad SMARTS) is 2. The molecule has 4 aliphatic rings. The Hall–Kier alpha value is -3.34. The number of piperidine rings is 1. The molecule has 45 heavy (non-hydrogen) atoms. The van der Waals surface area contributed by atoms with Crippen molar-refractivity contribution in [2.75, 3.05) is 44.3 Å². The Kier molecular flexibility index (Phi) is 12.7. The molecule has 2 aliphatic carbocycles. The van der Waals surface area contributed by atoms with E-state index in [0.29, 0.717) is 11.5 Å². The molecule has 2 saturated heterocycles. The highest BCUT2D eigenvalue weighted by Gasteiger charge is 2.46. The lowest BCUT2D eigenvalue weighted by molar-refractivity contribution is -0.193. The molecule has 2 aliphatic heterocycles. The van der Waals surface area contributed by atoms with Crippen LogP contribution in [-0.4, -0.2) is 102 Å². The van der Waals surface area contributed by atoms with E-state index >= 15 is 0 Å². The summed E-state index contributed by atoms with van der Waals surface area (Å²) in [4.78, 5) is 39.4. The molecule has 254 valence electrons. The maximum atomic E-state index is 12.1. The van der Waals surface area contributed by atoms with E-state index in [4.69, 9.17) is 29.3 Å². The minimum Gasteiger partial charge on any atom is -0.475 e. The zero-order valence-corrected chi connectivity index (χ0v) is 24.5. The number of ether oxygens (including phenoxy) is 2. The molecule has 3 heterocycles. The number of amides is 1. The standard InChI is InChI=1S/C24H36N4O3.2C2HF3O2/c29-23(31-21-3-1-2-4-21)26-20-16-24(17-20)6-9-27(10-7-24)18-19-5-8-25-22(15-19)28-11-13-30-14-12-28;2*3-2(4,5)1(6)7/h5,8,15,20-21H,1-4,6-7,9-14,16-18H2,(H,26,29);2*(H,6,7). The van der Waals surface area contributed by atoms with Gasteiger partial charge in [0.05, 0.1) is 13.2 Å². The molecule has 1 aromatic rings. The molecule has 0 radical (unpaired) electrons. The number of likely N-dealkylation sites (tertiary alicyclic amines) is 1. The van der Waals surface area contributed by atoms with Gasteiger partial charge in [-0.15, -0.1) is 0 Å². The highest BCUT2D eigenvalue weighted by Crippen LogP contribution is 2.49. The van der Waals surface area contributed by atoms with Gasteiger partial charge in [0, 0.05) is 31.9 Å². The first-order chi connectivity index (χ1) is 21.1. The maximum absolute atomic E-state index is 12.1. The van der Waals surface area contributed by atoms with Crippen LogP contribution in [0.15, 0.2) is 18.3 Å². The topological polar surface area (TPSA) is 142 Å². The van der Waals surface area contributed by atoms with Gasteiger partial charge in [-0.2, -0.15) is 26.3 Å². The Morgan fingerprint density at radius 2 is 1.49 bits per heavy atom. The predicted octanol–water partition coefficient (Wildman–Crippen LogP) is 4.60. The second-order valence-electron chi connectivity index (χ2n) is 11.6. The van der Waals surface area contributed by atoms with Crippen molar-refractivity contribution in [2.45, 2.75) is 82.4 Å². The van der Waals surface area contributed by atoms with Gasteiger partial charge in [-0.1, -0.05) is 0 Å². The summed E-state index contributed by atoms with van der Waals surface area (Å²) in [7, 11) is 0. The number of hydrogen-bond donors (Lipinski definition) is 3. The van der Waals surface area contributed by atoms with Crippen molar-refractivity contribution >= 4 is 23.8 Å². The first-order valence-corrected chi connectivity index (χ1v) is 14.6. The van der Waals surface area contributed by atoms with Crippen LogP contribution in [-0.2, 0) is 25.6 Å². The van der Waals surface area contributed by atoms with Crippen molar-refractivity contribution in [1.82, 2.24) is 15.2 Å². The van der Waals surface area contributed by atoms with Crippen LogP contribution >= 0.6 is 0 Å². The molecule has 0 atom stereocenters. The smallest absolute Gasteiger partial charge is 0.475 e. The Morgan fingerprint density at radius 1 is 0.956 bits per heavy atom. The summed E-state index contributed by atoms with van der Waals surface area (Å²) in [6, 6.07) is 4.69. The number of nitrogens with zero attached hydrogens (tertiary/aromatic N) is 3. The SMILES string of the molecule is O=C(NC1CC2(CCN(Cc3ccnc(N4CCOCC4)c3)CC2)C1)OC1CCCC1.O=C(O)C(F)(F)F.O=C(O)C(F)(F)F. The number of alkyl carbamates (subject to hydrolysis) is 1. The summed E-state index contributed by atoms with van der Waals surface area (Å²) in [6.45, 7) is 6.68. The van der Waals surface area contributed by atoms with Crippen LogP contribution < -0.4 is 10.2 Å². The van der Waals surface area contributed by atoms with Gasteiger partial charge in [-0.05, 0) is 87.6 Å². The third kappa shape index (κ3) is 11.8. The molecule has 1 amide bonds. The van der Waals surface area contributed by atoms with Gasteiger partial charge in [0.15, 0.2) is 0 Å². The zero-order chi connectivity index (χ0) is 33.3. The van der Waals surface area contributed by atoms with Crippen LogP contribution in [0, 0.1) is 5.41 Å². The fraction of sp³-hybridized carbons (Fsp3) is 0.714. The summed E-state index contributed by atoms with van der Waals surface area (Å²) in [5.74, 6) is -4.44. The highest BCUT2D eigenvalue weighted by atomic mass is 19.4. The number of aromatic nitrogens is 1. The average molecular weight is 657 g/mol. The minimum atomic E-state index is -5.08. The summed E-state index contributed by atoms with van der Waals surface area (Å²) in [5.41, 5.74) is 1.77. The van der Waals surface area contributed by atoms with Crippen molar-refractivity contribution < 1.29 is 60.4 Å². The van der Waals surface area contributed by atoms with Gasteiger partial charge in [0.2, 0.25) is 0 Å². The van der Waals surface area contributed by atoms with E-state index < -0.39 is 24.3 Å². The molecule has 1 spiro atoms. The number of carbonyl (C=O) groups excluding carboxylic acids is 1. The number of morpholine rings is 1. The normalized spacial score (nSPS) is 20.6. The van der Waals surface area contributed by atoms with E-state index in [1.807, 2.05) is 6.20 Å². The third-order valence-corrected chi connectivity index (χ3v) is 8.21. The quantitative estimate of drug-likeness (QED) is 0.385. The van der Waals surface area contributed by atoms with Crippen LogP contribution in [0.4, 0.5) is 37.0 Å². The number of hydrogen-bond acceptors (Lipinski definition) is 8. The summed E-state index contributed by atoms with van der Waals surface area (Å²) < 4.78 is 74.5. The zero-order valence-electron chi connectivity index (χ0n) is 24.5. The molecular weight excluding hydrogens is 618 g/mol. The van der Waals surface area contributed by atoms with E-state index in [9.17, 15) is 31.1 Å². The van der Waals surface area contributed by atoms with E-state index in [2.05, 4.69) is 32.2 Å². The lowest BCUT2D eigenvalue weighted by Gasteiger charge is -2.52. The molecular formula is C28H38F6N4O7. The van der Waals surface area contributed by atoms with Gasteiger partial charge in [0.1, 0.15) is 11.9 Å². The minimum absolute atomic E-state index is 0.147. The summed E-state index contributed by atoms with van der Waals surface area (Å²) >= 11 is 0. The molecule has 4 fully saturated rings. The Morgan fingerprint density at radius 3 is 2.00 bits per heavy atom. The first-order valence-electron chi connectivity index (χ1n) is 14.6. The van der Waals surface area contributed by atoms with E-state index in [1.54, 1.807) is 0 Å². The molecule has 11 nitrogen and oxygen atoms in total. The number of pyridine rings is 1. The second kappa shape index (κ2) is 15.8. The first kappa shape index (κ1) is 36.1.